The molecule has 150 valence electrons. The molecule has 6 aromatic rings. The Bertz CT molecular complexity index is 1560. The third-order valence-electron chi connectivity index (χ3n) is 6.33. The number of benzene rings is 6. The van der Waals surface area contributed by atoms with Crippen LogP contribution in [0.3, 0.4) is 0 Å². The molecule has 0 aliphatic rings. The van der Waals surface area contributed by atoms with Crippen LogP contribution in [0.5, 0.6) is 0 Å². The number of aldehydes is 1. The zero-order valence-electron chi connectivity index (χ0n) is 17.5. The number of hydrogen-bond donors (Lipinski definition) is 0. The minimum absolute atomic E-state index is 0.690. The van der Waals surface area contributed by atoms with Crippen LogP contribution in [0.2, 0.25) is 0 Å². The van der Waals surface area contributed by atoms with E-state index in [9.17, 15) is 4.79 Å². The summed E-state index contributed by atoms with van der Waals surface area (Å²) in [6, 6.07) is 40.3. The normalized spacial score (nSPS) is 11.2. The minimum atomic E-state index is 0.690. The summed E-state index contributed by atoms with van der Waals surface area (Å²) in [5.41, 5.74) is 5.53. The van der Waals surface area contributed by atoms with Crippen molar-refractivity contribution in [2.45, 2.75) is 0 Å². The maximum atomic E-state index is 11.2. The minimum Gasteiger partial charge on any atom is -0.298 e. The molecule has 0 saturated carbocycles. The van der Waals surface area contributed by atoms with Gasteiger partial charge in [-0.15, -0.1) is 0 Å². The summed E-state index contributed by atoms with van der Waals surface area (Å²) in [4.78, 5) is 11.2. The zero-order chi connectivity index (χ0) is 21.5. The van der Waals surface area contributed by atoms with Gasteiger partial charge in [0.2, 0.25) is 0 Å². The highest BCUT2D eigenvalue weighted by Gasteiger charge is 2.17. The molecule has 0 aliphatic heterocycles. The van der Waals surface area contributed by atoms with Gasteiger partial charge in [-0.2, -0.15) is 0 Å². The molecule has 0 bridgehead atoms. The molecule has 0 radical (unpaired) electrons. The van der Waals surface area contributed by atoms with E-state index in [1.54, 1.807) is 0 Å². The Morgan fingerprint density at radius 1 is 0.438 bits per heavy atom. The van der Waals surface area contributed by atoms with Crippen molar-refractivity contribution >= 4 is 38.6 Å². The van der Waals surface area contributed by atoms with E-state index >= 15 is 0 Å². The van der Waals surface area contributed by atoms with Crippen LogP contribution in [-0.4, -0.2) is 6.29 Å². The first kappa shape index (κ1) is 18.5. The van der Waals surface area contributed by atoms with Gasteiger partial charge in [0.15, 0.2) is 0 Å². The van der Waals surface area contributed by atoms with E-state index in [2.05, 4.69) is 103 Å². The second kappa shape index (κ2) is 7.47. The lowest BCUT2D eigenvalue weighted by atomic mass is 9.84. The zero-order valence-corrected chi connectivity index (χ0v) is 17.5. The Kier molecular flexibility index (Phi) is 4.33. The van der Waals surface area contributed by atoms with Gasteiger partial charge in [0.1, 0.15) is 6.29 Å². The molecule has 0 aromatic heterocycles. The molecule has 6 aromatic carbocycles. The van der Waals surface area contributed by atoms with Crippen LogP contribution in [0.1, 0.15) is 10.4 Å². The maximum Gasteiger partial charge on any atom is 0.150 e. The summed E-state index contributed by atoms with van der Waals surface area (Å²) in [6.45, 7) is 0. The lowest BCUT2D eigenvalue weighted by molar-refractivity contribution is 0.112. The molecular weight excluding hydrogens is 388 g/mol. The number of hydrogen-bond acceptors (Lipinski definition) is 1. The van der Waals surface area contributed by atoms with E-state index in [0.29, 0.717) is 5.56 Å². The van der Waals surface area contributed by atoms with Crippen molar-refractivity contribution in [1.29, 1.82) is 0 Å². The fraction of sp³-hybridized carbons (Fsp3) is 0. The van der Waals surface area contributed by atoms with Gasteiger partial charge in [-0.25, -0.2) is 0 Å². The van der Waals surface area contributed by atoms with E-state index in [1.807, 2.05) is 12.1 Å². The Balaban J connectivity index is 1.79. The quantitative estimate of drug-likeness (QED) is 0.213. The Hall–Kier alpha value is -4.23. The van der Waals surface area contributed by atoms with Gasteiger partial charge in [0.05, 0.1) is 0 Å². The number of fused-ring (bicyclic) bond motifs is 3. The molecule has 6 rings (SSSR count). The molecule has 0 atom stereocenters. The van der Waals surface area contributed by atoms with Gasteiger partial charge in [0.25, 0.3) is 0 Å². The standard InChI is InChI=1S/C31H20O/c32-20-21-16-18-23(19-17-21)30-26-11-3-5-13-28(26)31(29-14-6-4-12-27(29)30)25-15-7-9-22-8-1-2-10-24(22)25/h1-20H. The van der Waals surface area contributed by atoms with Crippen molar-refractivity contribution in [2.24, 2.45) is 0 Å². The fourth-order valence-corrected chi connectivity index (χ4v) is 4.90. The van der Waals surface area contributed by atoms with Crippen molar-refractivity contribution in [3.05, 3.63) is 121 Å². The van der Waals surface area contributed by atoms with Crippen molar-refractivity contribution in [2.75, 3.05) is 0 Å². The van der Waals surface area contributed by atoms with E-state index in [0.717, 1.165) is 11.8 Å². The highest BCUT2D eigenvalue weighted by Crippen LogP contribution is 2.45. The van der Waals surface area contributed by atoms with Gasteiger partial charge in [-0.1, -0.05) is 115 Å². The Labute approximate surface area is 186 Å². The first-order chi connectivity index (χ1) is 15.8. The van der Waals surface area contributed by atoms with Gasteiger partial charge >= 0.3 is 0 Å². The van der Waals surface area contributed by atoms with Gasteiger partial charge in [-0.3, -0.25) is 4.79 Å². The summed E-state index contributed by atoms with van der Waals surface area (Å²) in [5, 5.41) is 7.40. The summed E-state index contributed by atoms with van der Waals surface area (Å²) in [7, 11) is 0. The lowest BCUT2D eigenvalue weighted by Gasteiger charge is -2.18. The second-order valence-corrected chi connectivity index (χ2v) is 8.11. The topological polar surface area (TPSA) is 17.1 Å². The number of rotatable bonds is 3. The summed E-state index contributed by atoms with van der Waals surface area (Å²) >= 11 is 0. The molecule has 0 amide bonds. The van der Waals surface area contributed by atoms with Crippen molar-refractivity contribution in [3.63, 3.8) is 0 Å². The number of carbonyl (C=O) groups excluding carboxylic acids is 1. The summed E-state index contributed by atoms with van der Waals surface area (Å²) in [5.74, 6) is 0. The molecular formula is C31H20O. The largest absolute Gasteiger partial charge is 0.298 e. The van der Waals surface area contributed by atoms with Crippen molar-refractivity contribution in [1.82, 2.24) is 0 Å². The van der Waals surface area contributed by atoms with Crippen LogP contribution in [0.25, 0.3) is 54.6 Å². The predicted molar refractivity (Wildman–Crippen MR) is 135 cm³/mol. The summed E-state index contributed by atoms with van der Waals surface area (Å²) < 4.78 is 0. The smallest absolute Gasteiger partial charge is 0.150 e. The maximum absolute atomic E-state index is 11.2. The highest BCUT2D eigenvalue weighted by atomic mass is 16.1. The van der Waals surface area contributed by atoms with Crippen LogP contribution in [0.15, 0.2) is 115 Å². The van der Waals surface area contributed by atoms with Crippen LogP contribution >= 0.6 is 0 Å². The lowest BCUT2D eigenvalue weighted by Crippen LogP contribution is -1.91. The van der Waals surface area contributed by atoms with E-state index < -0.39 is 0 Å². The third kappa shape index (κ3) is 2.83. The summed E-state index contributed by atoms with van der Waals surface area (Å²) in [6.07, 6.45) is 0.892. The molecule has 32 heavy (non-hydrogen) atoms. The van der Waals surface area contributed by atoms with Crippen LogP contribution in [0, 0.1) is 0 Å². The third-order valence-corrected chi connectivity index (χ3v) is 6.33. The average molecular weight is 409 g/mol. The molecule has 0 spiro atoms. The van der Waals surface area contributed by atoms with E-state index in [4.69, 9.17) is 0 Å². The van der Waals surface area contributed by atoms with Crippen LogP contribution < -0.4 is 0 Å². The van der Waals surface area contributed by atoms with E-state index in [1.165, 1.54) is 49.0 Å². The Morgan fingerprint density at radius 2 is 0.938 bits per heavy atom. The molecule has 1 heteroatoms. The second-order valence-electron chi connectivity index (χ2n) is 8.11. The number of carbonyl (C=O) groups is 1. The first-order valence-electron chi connectivity index (χ1n) is 10.8. The average Bonchev–Trinajstić information content (AvgIpc) is 2.87. The fourth-order valence-electron chi connectivity index (χ4n) is 4.90. The van der Waals surface area contributed by atoms with Crippen LogP contribution in [0.4, 0.5) is 0 Å². The molecule has 0 N–H and O–H groups in total. The van der Waals surface area contributed by atoms with Crippen LogP contribution in [-0.2, 0) is 0 Å². The SMILES string of the molecule is O=Cc1ccc(-c2c3ccccc3c(-c3cccc4ccccc34)c3ccccc23)cc1. The molecule has 0 saturated heterocycles. The van der Waals surface area contributed by atoms with E-state index in [-0.39, 0.29) is 0 Å². The Morgan fingerprint density at radius 3 is 1.53 bits per heavy atom. The van der Waals surface area contributed by atoms with Gasteiger partial charge < -0.3 is 0 Å². The predicted octanol–water partition coefficient (Wildman–Crippen LogP) is 8.29. The monoisotopic (exact) mass is 408 g/mol. The van der Waals surface area contributed by atoms with Crippen molar-refractivity contribution < 1.29 is 4.79 Å². The molecule has 0 heterocycles. The molecule has 0 aliphatic carbocycles. The molecule has 1 nitrogen and oxygen atoms in total. The van der Waals surface area contributed by atoms with Gasteiger partial charge in [-0.05, 0) is 54.6 Å². The molecule has 0 unspecified atom stereocenters. The highest BCUT2D eigenvalue weighted by molar-refractivity contribution is 6.23. The van der Waals surface area contributed by atoms with Crippen molar-refractivity contribution in [3.8, 4) is 22.3 Å². The van der Waals surface area contributed by atoms with Gasteiger partial charge in [0, 0.05) is 5.56 Å². The first-order valence-corrected chi connectivity index (χ1v) is 10.8. The molecule has 0 fully saturated rings.